The monoisotopic (exact) mass is 301 g/mol. The van der Waals surface area contributed by atoms with Crippen molar-refractivity contribution in [3.8, 4) is 0 Å². The topological polar surface area (TPSA) is 70.0 Å². The molecule has 2 N–H and O–H groups in total. The van der Waals surface area contributed by atoms with Crippen molar-refractivity contribution in [2.75, 3.05) is 31.7 Å². The second-order valence-corrected chi connectivity index (χ2v) is 5.29. The first-order chi connectivity index (χ1) is 9.82. The molecule has 21 heavy (non-hydrogen) atoms. The molecule has 1 aliphatic rings. The van der Waals surface area contributed by atoms with Crippen LogP contribution < -0.4 is 4.90 Å². The summed E-state index contributed by atoms with van der Waals surface area (Å²) in [6, 6.07) is 1.54. The molecule has 7 heteroatoms. The van der Waals surface area contributed by atoms with E-state index in [9.17, 15) is 18.7 Å². The maximum absolute atomic E-state index is 13.9. The first-order valence-corrected chi connectivity index (χ1v) is 6.56. The number of anilines is 1. The zero-order valence-electron chi connectivity index (χ0n) is 11.6. The average Bonchev–Trinajstić information content (AvgIpc) is 2.37. The van der Waals surface area contributed by atoms with E-state index in [-0.39, 0.29) is 12.2 Å². The molecule has 1 saturated heterocycles. The maximum Gasteiger partial charge on any atom is 0.335 e. The minimum absolute atomic E-state index is 0.0383. The summed E-state index contributed by atoms with van der Waals surface area (Å²) >= 11 is 0. The van der Waals surface area contributed by atoms with Gasteiger partial charge in [-0.25, -0.2) is 13.6 Å². The normalized spacial score (nSPS) is 17.5. The van der Waals surface area contributed by atoms with E-state index in [1.807, 2.05) is 0 Å². The van der Waals surface area contributed by atoms with Gasteiger partial charge in [-0.05, 0) is 12.1 Å². The zero-order valence-corrected chi connectivity index (χ0v) is 11.6. The van der Waals surface area contributed by atoms with E-state index in [2.05, 4.69) is 0 Å². The van der Waals surface area contributed by atoms with Gasteiger partial charge in [0.05, 0.1) is 11.2 Å². The Hall–Kier alpha value is -1.73. The lowest BCUT2D eigenvalue weighted by atomic mass is 9.93. The lowest BCUT2D eigenvalue weighted by molar-refractivity contribution is -0.0573. The highest BCUT2D eigenvalue weighted by molar-refractivity contribution is 5.88. The summed E-state index contributed by atoms with van der Waals surface area (Å²) in [5, 5.41) is 19.1. The van der Waals surface area contributed by atoms with Crippen LogP contribution >= 0.6 is 0 Å². The molecule has 1 fully saturated rings. The number of halogens is 2. The Morgan fingerprint density at radius 2 is 1.86 bits per heavy atom. The summed E-state index contributed by atoms with van der Waals surface area (Å²) in [7, 11) is 1.45. The van der Waals surface area contributed by atoms with Crippen molar-refractivity contribution in [3.63, 3.8) is 0 Å². The third kappa shape index (κ3) is 3.48. The molecule has 116 valence electrons. The molecule has 0 saturated carbocycles. The van der Waals surface area contributed by atoms with Crippen LogP contribution in [0.5, 0.6) is 0 Å². The molecule has 1 aromatic rings. The van der Waals surface area contributed by atoms with Gasteiger partial charge in [0.2, 0.25) is 0 Å². The number of hydrogen-bond acceptors (Lipinski definition) is 4. The van der Waals surface area contributed by atoms with E-state index in [0.717, 1.165) is 12.1 Å². The summed E-state index contributed by atoms with van der Waals surface area (Å²) in [5.74, 6) is -3.33. The third-order valence-electron chi connectivity index (χ3n) is 3.60. The predicted molar refractivity (Wildman–Crippen MR) is 71.6 cm³/mol. The maximum atomic E-state index is 13.9. The number of rotatable bonds is 4. The first kappa shape index (κ1) is 15.7. The van der Waals surface area contributed by atoms with Gasteiger partial charge >= 0.3 is 5.97 Å². The molecule has 5 nitrogen and oxygen atoms in total. The van der Waals surface area contributed by atoms with Gasteiger partial charge in [0.25, 0.3) is 0 Å². The lowest BCUT2D eigenvalue weighted by Crippen LogP contribution is -2.46. The molecule has 2 rings (SSSR count). The SMILES string of the molecule is CN(CC1(O)CCOCC1)c1c(F)cc(C(=O)O)cc1F. The van der Waals surface area contributed by atoms with Crippen LogP contribution in [0.1, 0.15) is 23.2 Å². The Labute approximate surface area is 120 Å². The number of aliphatic hydroxyl groups is 1. The quantitative estimate of drug-likeness (QED) is 0.885. The molecule has 0 atom stereocenters. The number of carboxylic acid groups (broad SMARTS) is 1. The second kappa shape index (κ2) is 5.95. The van der Waals surface area contributed by atoms with Crippen molar-refractivity contribution >= 4 is 11.7 Å². The van der Waals surface area contributed by atoms with Crippen LogP contribution in [0, 0.1) is 11.6 Å². The molecule has 0 aromatic heterocycles. The number of carboxylic acids is 1. The standard InChI is InChI=1S/C14H17F2NO4/c1-17(8-14(20)2-4-21-5-3-14)12-10(15)6-9(13(18)19)7-11(12)16/h6-7,20H,2-5,8H2,1H3,(H,18,19). The van der Waals surface area contributed by atoms with Crippen LogP contribution in [-0.4, -0.2) is 48.6 Å². The van der Waals surface area contributed by atoms with Crippen molar-refractivity contribution in [2.24, 2.45) is 0 Å². The summed E-state index contributed by atoms with van der Waals surface area (Å²) < 4.78 is 33.0. The highest BCUT2D eigenvalue weighted by atomic mass is 19.1. The minimum atomic E-state index is -1.40. The van der Waals surface area contributed by atoms with E-state index in [1.165, 1.54) is 11.9 Å². The Morgan fingerprint density at radius 1 is 1.33 bits per heavy atom. The van der Waals surface area contributed by atoms with Crippen LogP contribution in [0.3, 0.4) is 0 Å². The molecule has 1 aliphatic heterocycles. The van der Waals surface area contributed by atoms with Gasteiger partial charge in [0.15, 0.2) is 0 Å². The fourth-order valence-corrected chi connectivity index (χ4v) is 2.48. The molecule has 0 bridgehead atoms. The van der Waals surface area contributed by atoms with Gasteiger partial charge in [-0.1, -0.05) is 0 Å². The highest BCUT2D eigenvalue weighted by Crippen LogP contribution is 2.28. The number of benzene rings is 1. The van der Waals surface area contributed by atoms with Crippen LogP contribution in [0.2, 0.25) is 0 Å². The molecule has 0 aliphatic carbocycles. The van der Waals surface area contributed by atoms with Crippen LogP contribution in [0.15, 0.2) is 12.1 Å². The Bertz CT molecular complexity index is 521. The summed E-state index contributed by atoms with van der Waals surface area (Å²) in [6.07, 6.45) is 0.765. The van der Waals surface area contributed by atoms with Gasteiger partial charge in [-0.3, -0.25) is 0 Å². The van der Waals surface area contributed by atoms with Gasteiger partial charge in [0, 0.05) is 39.6 Å². The van der Waals surface area contributed by atoms with E-state index < -0.39 is 28.8 Å². The fraction of sp³-hybridized carbons (Fsp3) is 0.500. The smallest absolute Gasteiger partial charge is 0.335 e. The van der Waals surface area contributed by atoms with E-state index in [1.54, 1.807) is 0 Å². The van der Waals surface area contributed by atoms with E-state index in [4.69, 9.17) is 9.84 Å². The number of ether oxygens (including phenoxy) is 1. The summed E-state index contributed by atoms with van der Waals surface area (Å²) in [4.78, 5) is 12.0. The molecule has 0 unspecified atom stereocenters. The summed E-state index contributed by atoms with van der Waals surface area (Å²) in [6.45, 7) is 0.830. The molecule has 0 radical (unpaired) electrons. The van der Waals surface area contributed by atoms with Crippen molar-refractivity contribution in [2.45, 2.75) is 18.4 Å². The van der Waals surface area contributed by atoms with Gasteiger partial charge in [-0.15, -0.1) is 0 Å². The molecular weight excluding hydrogens is 284 g/mol. The minimum Gasteiger partial charge on any atom is -0.478 e. The first-order valence-electron chi connectivity index (χ1n) is 6.56. The Morgan fingerprint density at radius 3 is 2.33 bits per heavy atom. The molecule has 0 spiro atoms. The van der Waals surface area contributed by atoms with Crippen molar-refractivity contribution < 1.29 is 28.5 Å². The van der Waals surface area contributed by atoms with Crippen LogP contribution in [0.4, 0.5) is 14.5 Å². The van der Waals surface area contributed by atoms with Gasteiger partial charge < -0.3 is 19.8 Å². The van der Waals surface area contributed by atoms with Crippen molar-refractivity contribution in [1.29, 1.82) is 0 Å². The molecule has 1 heterocycles. The Balaban J connectivity index is 2.22. The van der Waals surface area contributed by atoms with Crippen molar-refractivity contribution in [3.05, 3.63) is 29.3 Å². The third-order valence-corrected chi connectivity index (χ3v) is 3.60. The molecule has 0 amide bonds. The lowest BCUT2D eigenvalue weighted by Gasteiger charge is -2.36. The predicted octanol–water partition coefficient (Wildman–Crippen LogP) is 1.64. The number of likely N-dealkylation sites (N-methyl/N-ethyl adjacent to an activating group) is 1. The number of aromatic carboxylic acids is 1. The van der Waals surface area contributed by atoms with Gasteiger partial charge in [0.1, 0.15) is 17.3 Å². The zero-order chi connectivity index (χ0) is 15.6. The van der Waals surface area contributed by atoms with E-state index in [0.29, 0.717) is 26.1 Å². The number of hydrogen-bond donors (Lipinski definition) is 2. The van der Waals surface area contributed by atoms with Crippen molar-refractivity contribution in [1.82, 2.24) is 0 Å². The number of carbonyl (C=O) groups is 1. The Kier molecular flexibility index (Phi) is 4.43. The summed E-state index contributed by atoms with van der Waals surface area (Å²) in [5.41, 5.74) is -1.87. The fourth-order valence-electron chi connectivity index (χ4n) is 2.48. The van der Waals surface area contributed by atoms with Crippen LogP contribution in [0.25, 0.3) is 0 Å². The highest BCUT2D eigenvalue weighted by Gasteiger charge is 2.32. The second-order valence-electron chi connectivity index (χ2n) is 5.29. The van der Waals surface area contributed by atoms with Crippen LogP contribution in [-0.2, 0) is 4.74 Å². The molecule has 1 aromatic carbocycles. The number of nitrogens with zero attached hydrogens (tertiary/aromatic N) is 1. The molecular formula is C14H17F2NO4. The van der Waals surface area contributed by atoms with Gasteiger partial charge in [-0.2, -0.15) is 0 Å². The largest absolute Gasteiger partial charge is 0.478 e. The van der Waals surface area contributed by atoms with E-state index >= 15 is 0 Å². The average molecular weight is 301 g/mol.